The number of benzene rings is 1. The Morgan fingerprint density at radius 2 is 1.89 bits per heavy atom. The number of halogens is 1. The largest absolute Gasteiger partial charge is 0.496 e. The van der Waals surface area contributed by atoms with Gasteiger partial charge in [0.1, 0.15) is 17.3 Å². The van der Waals surface area contributed by atoms with E-state index in [-0.39, 0.29) is 5.78 Å². The summed E-state index contributed by atoms with van der Waals surface area (Å²) in [5.74, 6) is 1.90. The minimum absolute atomic E-state index is 0.0787. The van der Waals surface area contributed by atoms with E-state index in [1.165, 1.54) is 0 Å². The molecule has 0 aliphatic heterocycles. The zero-order chi connectivity index (χ0) is 14.2. The summed E-state index contributed by atoms with van der Waals surface area (Å²) in [5.41, 5.74) is 2.03. The smallest absolute Gasteiger partial charge is 0.200 e. The molecule has 19 heavy (non-hydrogen) atoms. The SMILES string of the molecule is COc1ccc(Br)cc1C(=O)c1c(C)oc(C)c1C. The molecular weight excluding hydrogens is 308 g/mol. The second-order valence-electron chi connectivity index (χ2n) is 4.39. The van der Waals surface area contributed by atoms with Crippen LogP contribution < -0.4 is 4.74 Å². The van der Waals surface area contributed by atoms with E-state index in [2.05, 4.69) is 15.9 Å². The van der Waals surface area contributed by atoms with Gasteiger partial charge >= 0.3 is 0 Å². The van der Waals surface area contributed by atoms with Gasteiger partial charge in [-0.1, -0.05) is 15.9 Å². The van der Waals surface area contributed by atoms with E-state index in [1.54, 1.807) is 26.2 Å². The summed E-state index contributed by atoms with van der Waals surface area (Å²) >= 11 is 3.38. The molecule has 0 radical (unpaired) electrons. The molecule has 100 valence electrons. The van der Waals surface area contributed by atoms with E-state index in [9.17, 15) is 4.79 Å². The number of rotatable bonds is 3. The van der Waals surface area contributed by atoms with Gasteiger partial charge in [0, 0.05) is 10.0 Å². The second-order valence-corrected chi connectivity index (χ2v) is 5.30. The summed E-state index contributed by atoms with van der Waals surface area (Å²) in [7, 11) is 1.56. The molecule has 0 saturated heterocycles. The molecule has 3 nitrogen and oxygen atoms in total. The monoisotopic (exact) mass is 322 g/mol. The van der Waals surface area contributed by atoms with Gasteiger partial charge in [0.05, 0.1) is 18.2 Å². The van der Waals surface area contributed by atoms with Crippen molar-refractivity contribution in [2.24, 2.45) is 0 Å². The molecular formula is C15H15BrO3. The highest BCUT2D eigenvalue weighted by Gasteiger charge is 2.22. The maximum absolute atomic E-state index is 12.7. The lowest BCUT2D eigenvalue weighted by Gasteiger charge is -2.08. The summed E-state index contributed by atoms with van der Waals surface area (Å²) in [6.45, 7) is 5.55. The highest BCUT2D eigenvalue weighted by molar-refractivity contribution is 9.10. The molecule has 0 aliphatic rings. The van der Waals surface area contributed by atoms with Gasteiger partial charge in [0.15, 0.2) is 0 Å². The first-order chi connectivity index (χ1) is 8.95. The number of carbonyl (C=O) groups is 1. The zero-order valence-corrected chi connectivity index (χ0v) is 12.9. The van der Waals surface area contributed by atoms with E-state index < -0.39 is 0 Å². The Kier molecular flexibility index (Phi) is 3.80. The van der Waals surface area contributed by atoms with Crippen LogP contribution >= 0.6 is 15.9 Å². The molecule has 1 heterocycles. The highest BCUT2D eigenvalue weighted by Crippen LogP contribution is 2.29. The first kappa shape index (κ1) is 13.9. The maximum atomic E-state index is 12.7. The van der Waals surface area contributed by atoms with Crippen molar-refractivity contribution in [1.82, 2.24) is 0 Å². The van der Waals surface area contributed by atoms with Crippen LogP contribution in [0.1, 0.15) is 33.0 Å². The van der Waals surface area contributed by atoms with Crippen molar-refractivity contribution in [3.8, 4) is 5.75 Å². The number of aryl methyl sites for hydroxylation is 2. The summed E-state index contributed by atoms with van der Waals surface area (Å²) in [6.07, 6.45) is 0. The Balaban J connectivity index is 2.59. The van der Waals surface area contributed by atoms with Crippen LogP contribution in [-0.2, 0) is 0 Å². The Bertz CT molecular complexity index is 641. The number of carbonyl (C=O) groups excluding carboxylic acids is 1. The van der Waals surface area contributed by atoms with Crippen LogP contribution in [-0.4, -0.2) is 12.9 Å². The number of ether oxygens (including phenoxy) is 1. The predicted octanol–water partition coefficient (Wildman–Crippen LogP) is 4.21. The molecule has 0 atom stereocenters. The lowest BCUT2D eigenvalue weighted by molar-refractivity contribution is 0.103. The minimum atomic E-state index is -0.0787. The van der Waals surface area contributed by atoms with Gasteiger partial charge in [-0.3, -0.25) is 4.79 Å². The number of furan rings is 1. The van der Waals surface area contributed by atoms with Gasteiger partial charge in [-0.25, -0.2) is 0 Å². The summed E-state index contributed by atoms with van der Waals surface area (Å²) in [4.78, 5) is 12.7. The Morgan fingerprint density at radius 3 is 2.42 bits per heavy atom. The fourth-order valence-electron chi connectivity index (χ4n) is 2.12. The van der Waals surface area contributed by atoms with E-state index >= 15 is 0 Å². The molecule has 2 rings (SSSR count). The van der Waals surface area contributed by atoms with E-state index in [0.29, 0.717) is 22.6 Å². The normalized spacial score (nSPS) is 10.6. The summed E-state index contributed by atoms with van der Waals surface area (Å²) in [6, 6.07) is 5.38. The average Bonchev–Trinajstić information content (AvgIpc) is 2.62. The van der Waals surface area contributed by atoms with Gasteiger partial charge < -0.3 is 9.15 Å². The van der Waals surface area contributed by atoms with Crippen molar-refractivity contribution >= 4 is 21.7 Å². The van der Waals surface area contributed by atoms with Crippen molar-refractivity contribution in [2.45, 2.75) is 20.8 Å². The first-order valence-corrected chi connectivity index (χ1v) is 6.69. The molecule has 0 fully saturated rings. The molecule has 0 amide bonds. The lowest BCUT2D eigenvalue weighted by atomic mass is 9.99. The van der Waals surface area contributed by atoms with Gasteiger partial charge in [-0.05, 0) is 39.0 Å². The fraction of sp³-hybridized carbons (Fsp3) is 0.267. The van der Waals surface area contributed by atoms with E-state index in [4.69, 9.17) is 9.15 Å². The molecule has 0 N–H and O–H groups in total. The number of hydrogen-bond donors (Lipinski definition) is 0. The summed E-state index contributed by atoms with van der Waals surface area (Å²) in [5, 5.41) is 0. The molecule has 0 unspecified atom stereocenters. The third-order valence-electron chi connectivity index (χ3n) is 3.19. The van der Waals surface area contributed by atoms with Crippen LogP contribution in [0, 0.1) is 20.8 Å². The third-order valence-corrected chi connectivity index (χ3v) is 3.69. The van der Waals surface area contributed by atoms with Gasteiger partial charge in [-0.15, -0.1) is 0 Å². The lowest BCUT2D eigenvalue weighted by Crippen LogP contribution is -2.06. The van der Waals surface area contributed by atoms with Crippen molar-refractivity contribution in [3.05, 3.63) is 50.9 Å². The van der Waals surface area contributed by atoms with Crippen molar-refractivity contribution in [3.63, 3.8) is 0 Å². The van der Waals surface area contributed by atoms with E-state index in [0.717, 1.165) is 15.8 Å². The van der Waals surface area contributed by atoms with Crippen LogP contribution in [0.3, 0.4) is 0 Å². The molecule has 1 aromatic carbocycles. The molecule has 0 aliphatic carbocycles. The van der Waals surface area contributed by atoms with Crippen LogP contribution in [0.2, 0.25) is 0 Å². The molecule has 1 aromatic heterocycles. The third kappa shape index (κ3) is 2.45. The zero-order valence-electron chi connectivity index (χ0n) is 11.3. The number of ketones is 1. The molecule has 2 aromatic rings. The van der Waals surface area contributed by atoms with Crippen LogP contribution in [0.4, 0.5) is 0 Å². The van der Waals surface area contributed by atoms with Gasteiger partial charge in [0.25, 0.3) is 0 Å². The van der Waals surface area contributed by atoms with Crippen LogP contribution in [0.25, 0.3) is 0 Å². The average molecular weight is 323 g/mol. The van der Waals surface area contributed by atoms with E-state index in [1.807, 2.05) is 19.9 Å². The molecule has 4 heteroatoms. The fourth-order valence-corrected chi connectivity index (χ4v) is 2.48. The van der Waals surface area contributed by atoms with Gasteiger partial charge in [-0.2, -0.15) is 0 Å². The van der Waals surface area contributed by atoms with Crippen molar-refractivity contribution < 1.29 is 13.9 Å². The number of methoxy groups -OCH3 is 1. The quantitative estimate of drug-likeness (QED) is 0.795. The Hall–Kier alpha value is -1.55. The standard InChI is InChI=1S/C15H15BrO3/c1-8-9(2)19-10(3)14(8)15(17)12-7-11(16)5-6-13(12)18-4/h5-7H,1-4H3. The van der Waals surface area contributed by atoms with Crippen LogP contribution in [0.15, 0.2) is 27.1 Å². The van der Waals surface area contributed by atoms with Crippen molar-refractivity contribution in [2.75, 3.05) is 7.11 Å². The minimum Gasteiger partial charge on any atom is -0.496 e. The molecule has 0 bridgehead atoms. The van der Waals surface area contributed by atoms with Gasteiger partial charge in [0.2, 0.25) is 5.78 Å². The maximum Gasteiger partial charge on any atom is 0.200 e. The summed E-state index contributed by atoms with van der Waals surface area (Å²) < 4.78 is 11.6. The topological polar surface area (TPSA) is 39.4 Å². The van der Waals surface area contributed by atoms with Crippen LogP contribution in [0.5, 0.6) is 5.75 Å². The molecule has 0 saturated carbocycles. The Morgan fingerprint density at radius 1 is 1.21 bits per heavy atom. The first-order valence-electron chi connectivity index (χ1n) is 5.90. The molecule has 0 spiro atoms. The van der Waals surface area contributed by atoms with Crippen molar-refractivity contribution in [1.29, 1.82) is 0 Å². The second kappa shape index (κ2) is 5.21. The highest BCUT2D eigenvalue weighted by atomic mass is 79.9. The Labute approximate surface area is 120 Å². The predicted molar refractivity (Wildman–Crippen MR) is 77.0 cm³/mol. The number of hydrogen-bond acceptors (Lipinski definition) is 3.